The monoisotopic (exact) mass is 403 g/mol. The molecule has 3 atom stereocenters. The summed E-state index contributed by atoms with van der Waals surface area (Å²) < 4.78 is 0. The maximum atomic E-state index is 12.7. The second-order valence-electron chi connectivity index (χ2n) is 8.24. The highest BCUT2D eigenvalue weighted by atomic mass is 16.3. The molecule has 6 nitrogen and oxygen atoms in total. The van der Waals surface area contributed by atoms with Gasteiger partial charge in [0.15, 0.2) is 0 Å². The van der Waals surface area contributed by atoms with Crippen LogP contribution in [0, 0.1) is 17.2 Å². The van der Waals surface area contributed by atoms with E-state index >= 15 is 0 Å². The number of nitriles is 1. The average molecular weight is 403 g/mol. The van der Waals surface area contributed by atoms with Crippen molar-refractivity contribution in [2.75, 3.05) is 20.7 Å². The van der Waals surface area contributed by atoms with Crippen molar-refractivity contribution in [3.63, 3.8) is 0 Å². The average Bonchev–Trinajstić information content (AvgIpc) is 3.59. The summed E-state index contributed by atoms with van der Waals surface area (Å²) in [5.74, 6) is -0.373. The van der Waals surface area contributed by atoms with Crippen molar-refractivity contribution in [2.24, 2.45) is 5.92 Å². The predicted molar refractivity (Wildman–Crippen MR) is 112 cm³/mol. The number of aliphatic hydroxyl groups is 1. The van der Waals surface area contributed by atoms with Crippen molar-refractivity contribution in [2.45, 2.75) is 30.8 Å². The van der Waals surface area contributed by atoms with Gasteiger partial charge in [-0.2, -0.15) is 5.26 Å². The molecule has 1 N–H and O–H groups in total. The van der Waals surface area contributed by atoms with Crippen LogP contribution in [0.25, 0.3) is 11.1 Å². The van der Waals surface area contributed by atoms with Crippen LogP contribution in [0.4, 0.5) is 0 Å². The number of hydrogen-bond donors (Lipinski definition) is 1. The molecule has 2 aromatic carbocycles. The van der Waals surface area contributed by atoms with Gasteiger partial charge < -0.3 is 14.9 Å². The van der Waals surface area contributed by atoms with Gasteiger partial charge in [0.2, 0.25) is 5.91 Å². The highest BCUT2D eigenvalue weighted by molar-refractivity contribution is 5.95. The first-order chi connectivity index (χ1) is 14.5. The Hall–Kier alpha value is -3.17. The molecule has 2 amide bonds. The van der Waals surface area contributed by atoms with Gasteiger partial charge in [0.05, 0.1) is 18.7 Å². The van der Waals surface area contributed by atoms with Crippen LogP contribution in [0.5, 0.6) is 0 Å². The molecule has 1 heterocycles. The zero-order chi connectivity index (χ0) is 21.4. The number of hydrogen-bond acceptors (Lipinski definition) is 4. The van der Waals surface area contributed by atoms with Gasteiger partial charge >= 0.3 is 0 Å². The minimum Gasteiger partial charge on any atom is -0.394 e. The molecule has 1 aliphatic heterocycles. The highest BCUT2D eigenvalue weighted by Gasteiger charge is 2.54. The van der Waals surface area contributed by atoms with Crippen LogP contribution in [0.3, 0.4) is 0 Å². The van der Waals surface area contributed by atoms with E-state index in [2.05, 4.69) is 6.07 Å². The molecule has 1 saturated carbocycles. The van der Waals surface area contributed by atoms with Crippen LogP contribution >= 0.6 is 0 Å². The second-order valence-corrected chi connectivity index (χ2v) is 8.24. The van der Waals surface area contributed by atoms with Crippen LogP contribution < -0.4 is 0 Å². The molecule has 2 aromatic rings. The number of carbonyl (C=O) groups excluding carboxylic acids is 2. The molecule has 0 bridgehead atoms. The minimum atomic E-state index is -0.594. The lowest BCUT2D eigenvalue weighted by Crippen LogP contribution is -2.65. The first kappa shape index (κ1) is 20.1. The summed E-state index contributed by atoms with van der Waals surface area (Å²) in [7, 11) is 3.43. The predicted octanol–water partition coefficient (Wildman–Crippen LogP) is 2.64. The van der Waals surface area contributed by atoms with Crippen LogP contribution in [-0.2, 0) is 4.79 Å². The Morgan fingerprint density at radius 2 is 1.90 bits per heavy atom. The summed E-state index contributed by atoms with van der Waals surface area (Å²) >= 11 is 0. The van der Waals surface area contributed by atoms with Crippen molar-refractivity contribution in [1.82, 2.24) is 9.80 Å². The number of aliphatic hydroxyl groups excluding tert-OH is 1. The molecule has 1 saturated heterocycles. The van der Waals surface area contributed by atoms with Gasteiger partial charge in [-0.25, -0.2) is 0 Å². The molecule has 4 rings (SSSR count). The summed E-state index contributed by atoms with van der Waals surface area (Å²) in [6.07, 6.45) is 1.72. The van der Waals surface area contributed by atoms with Gasteiger partial charge in [-0.15, -0.1) is 0 Å². The summed E-state index contributed by atoms with van der Waals surface area (Å²) in [6.45, 7) is -0.186. The third kappa shape index (κ3) is 3.35. The summed E-state index contributed by atoms with van der Waals surface area (Å²) in [5.41, 5.74) is 3.28. The van der Waals surface area contributed by atoms with Gasteiger partial charge in [0, 0.05) is 31.5 Å². The molecule has 154 valence electrons. The zero-order valence-corrected chi connectivity index (χ0v) is 17.2. The van der Waals surface area contributed by atoms with Gasteiger partial charge in [-0.1, -0.05) is 36.4 Å². The largest absolute Gasteiger partial charge is 0.394 e. The van der Waals surface area contributed by atoms with Crippen molar-refractivity contribution in [3.8, 4) is 17.2 Å². The molecule has 0 unspecified atom stereocenters. The van der Waals surface area contributed by atoms with Gasteiger partial charge in [-0.3, -0.25) is 9.59 Å². The summed E-state index contributed by atoms with van der Waals surface area (Å²) in [5, 5.41) is 19.9. The highest BCUT2D eigenvalue weighted by Crippen LogP contribution is 2.46. The first-order valence-electron chi connectivity index (χ1n) is 10.2. The molecule has 30 heavy (non-hydrogen) atoms. The fourth-order valence-corrected chi connectivity index (χ4v) is 4.35. The maximum absolute atomic E-state index is 12.7. The lowest BCUT2D eigenvalue weighted by atomic mass is 9.73. The van der Waals surface area contributed by atoms with Crippen LogP contribution in [0.1, 0.15) is 34.7 Å². The third-order valence-electron chi connectivity index (χ3n) is 6.06. The van der Waals surface area contributed by atoms with E-state index in [-0.39, 0.29) is 30.3 Å². The van der Waals surface area contributed by atoms with Gasteiger partial charge in [-0.05, 0) is 41.7 Å². The van der Waals surface area contributed by atoms with Crippen LogP contribution in [0.15, 0.2) is 48.5 Å². The van der Waals surface area contributed by atoms with E-state index in [1.807, 2.05) is 42.5 Å². The summed E-state index contributed by atoms with van der Waals surface area (Å²) in [6, 6.07) is 16.4. The second kappa shape index (κ2) is 7.92. The standard InChI is InChI=1S/C24H25N3O3/c1-26(2)23(29)17-7-5-6-16(12-17)18-8-3-4-9-19(18)22-20(13-25)27(21(22)14-28)24(30)15-10-11-15/h3-9,12,15,20-22,28H,10-11,14H2,1-2H3/t20-,21-,22-/m1/s1. The lowest BCUT2D eigenvalue weighted by molar-refractivity contribution is -0.148. The van der Waals surface area contributed by atoms with Crippen molar-refractivity contribution < 1.29 is 14.7 Å². The number of amides is 2. The quantitative estimate of drug-likeness (QED) is 0.832. The van der Waals surface area contributed by atoms with E-state index in [0.29, 0.717) is 5.56 Å². The van der Waals surface area contributed by atoms with Crippen LogP contribution in [-0.4, -0.2) is 59.5 Å². The van der Waals surface area contributed by atoms with Crippen molar-refractivity contribution in [3.05, 3.63) is 59.7 Å². The zero-order valence-electron chi connectivity index (χ0n) is 17.2. The van der Waals surface area contributed by atoms with E-state index in [9.17, 15) is 20.0 Å². The van der Waals surface area contributed by atoms with E-state index in [1.54, 1.807) is 25.1 Å². The van der Waals surface area contributed by atoms with Crippen molar-refractivity contribution >= 4 is 11.8 Å². The van der Waals surface area contributed by atoms with Crippen molar-refractivity contribution in [1.29, 1.82) is 5.26 Å². The smallest absolute Gasteiger partial charge is 0.253 e. The Kier molecular flexibility index (Phi) is 5.31. The molecule has 0 spiro atoms. The van der Waals surface area contributed by atoms with Gasteiger partial charge in [0.25, 0.3) is 5.91 Å². The Morgan fingerprint density at radius 1 is 1.17 bits per heavy atom. The Labute approximate surface area is 176 Å². The molecule has 6 heteroatoms. The molecular weight excluding hydrogens is 378 g/mol. The topological polar surface area (TPSA) is 84.6 Å². The fourth-order valence-electron chi connectivity index (χ4n) is 4.35. The molecular formula is C24H25N3O3. The van der Waals surface area contributed by atoms with Crippen LogP contribution in [0.2, 0.25) is 0 Å². The van der Waals surface area contributed by atoms with Gasteiger partial charge in [0.1, 0.15) is 6.04 Å². The number of rotatable bonds is 5. The number of benzene rings is 2. The number of carbonyl (C=O) groups is 2. The third-order valence-corrected chi connectivity index (χ3v) is 6.06. The summed E-state index contributed by atoms with van der Waals surface area (Å²) in [4.78, 5) is 28.2. The Balaban J connectivity index is 1.72. The molecule has 1 aliphatic carbocycles. The number of likely N-dealkylation sites (tertiary alicyclic amines) is 1. The van der Waals surface area contributed by atoms with E-state index in [4.69, 9.17) is 0 Å². The Bertz CT molecular complexity index is 1020. The SMILES string of the molecule is CN(C)C(=O)c1cccc(-c2ccccc2[C@@H]2[C@@H](C#N)N(C(=O)C3CC3)[C@@H]2CO)c1. The molecule has 0 aromatic heterocycles. The van der Waals surface area contributed by atoms with E-state index in [0.717, 1.165) is 29.5 Å². The Morgan fingerprint density at radius 3 is 2.53 bits per heavy atom. The normalized spacial score (nSPS) is 22.7. The fraction of sp³-hybridized carbons (Fsp3) is 0.375. The molecule has 2 aliphatic rings. The maximum Gasteiger partial charge on any atom is 0.253 e. The molecule has 0 radical (unpaired) electrons. The molecule has 2 fully saturated rings. The first-order valence-corrected chi connectivity index (χ1v) is 10.2. The lowest BCUT2D eigenvalue weighted by Gasteiger charge is -2.52. The van der Waals surface area contributed by atoms with E-state index in [1.165, 1.54) is 4.90 Å². The van der Waals surface area contributed by atoms with E-state index < -0.39 is 12.1 Å². The minimum absolute atomic E-state index is 0.000166. The number of nitrogens with zero attached hydrogens (tertiary/aromatic N) is 3.